The normalized spacial score (nSPS) is 13.2. The lowest BCUT2D eigenvalue weighted by atomic mass is 10.0. The molecule has 0 saturated carbocycles. The summed E-state index contributed by atoms with van der Waals surface area (Å²) in [5.41, 5.74) is 1.08. The number of anilines is 1. The Hall–Kier alpha value is -4.08. The molecule has 2 aromatic carbocycles. The summed E-state index contributed by atoms with van der Waals surface area (Å²) in [6.07, 6.45) is -1.59. The van der Waals surface area contributed by atoms with Crippen molar-refractivity contribution in [2.45, 2.75) is 13.0 Å². The molecule has 6 nitrogen and oxygen atoms in total. The van der Waals surface area contributed by atoms with E-state index in [2.05, 4.69) is 15.2 Å². The first-order valence-electron chi connectivity index (χ1n) is 9.40. The molecule has 0 unspecified atom stereocenters. The van der Waals surface area contributed by atoms with Crippen LogP contribution >= 0.6 is 0 Å². The topological polar surface area (TPSA) is 72.1 Å². The van der Waals surface area contributed by atoms with E-state index in [1.165, 1.54) is 29.3 Å². The Kier molecular flexibility index (Phi) is 4.69. The standard InChI is InChI=1S/C22H12F4N4O2/c23-14-5-3-6-15(24)18(14)12-4-1-2-7-17(12)30-10-16-13(22(30)31)8-11(9-27-16)20-28-29-21(32-20)19(25)26/h1-9,19H,10H2. The summed E-state index contributed by atoms with van der Waals surface area (Å²) >= 11 is 0. The first kappa shape index (κ1) is 19.9. The van der Waals surface area contributed by atoms with Gasteiger partial charge in [-0.25, -0.2) is 8.78 Å². The second-order valence-electron chi connectivity index (χ2n) is 6.97. The molecule has 0 aliphatic carbocycles. The number of pyridine rings is 1. The van der Waals surface area contributed by atoms with Gasteiger partial charge in [0.05, 0.1) is 34.6 Å². The van der Waals surface area contributed by atoms with Gasteiger partial charge in [-0.1, -0.05) is 24.3 Å². The molecule has 4 aromatic rings. The summed E-state index contributed by atoms with van der Waals surface area (Å²) in [4.78, 5) is 18.7. The third-order valence-corrected chi connectivity index (χ3v) is 5.05. The number of rotatable bonds is 4. The van der Waals surface area contributed by atoms with Gasteiger partial charge in [-0.2, -0.15) is 8.78 Å². The molecule has 2 aromatic heterocycles. The fourth-order valence-corrected chi connectivity index (χ4v) is 3.60. The molecule has 0 atom stereocenters. The van der Waals surface area contributed by atoms with Crippen LogP contribution in [0.4, 0.5) is 23.2 Å². The van der Waals surface area contributed by atoms with Gasteiger partial charge in [0.2, 0.25) is 5.89 Å². The second kappa shape index (κ2) is 7.56. The molecule has 1 aliphatic heterocycles. The number of nitrogens with zero attached hydrogens (tertiary/aromatic N) is 4. The Bertz CT molecular complexity index is 1340. The van der Waals surface area contributed by atoms with E-state index in [-0.39, 0.29) is 34.7 Å². The van der Waals surface area contributed by atoms with Crippen molar-refractivity contribution in [3.8, 4) is 22.6 Å². The van der Waals surface area contributed by atoms with E-state index in [0.717, 1.165) is 12.1 Å². The largest absolute Gasteiger partial charge is 0.415 e. The zero-order chi connectivity index (χ0) is 22.4. The summed E-state index contributed by atoms with van der Waals surface area (Å²) < 4.78 is 59.2. The van der Waals surface area contributed by atoms with Crippen LogP contribution in [0.3, 0.4) is 0 Å². The third kappa shape index (κ3) is 3.20. The number of amides is 1. The lowest BCUT2D eigenvalue weighted by Gasteiger charge is -2.20. The van der Waals surface area contributed by atoms with Gasteiger partial charge in [-0.15, -0.1) is 10.2 Å². The van der Waals surface area contributed by atoms with E-state index in [1.54, 1.807) is 18.2 Å². The van der Waals surface area contributed by atoms with E-state index in [1.807, 2.05) is 0 Å². The molecule has 10 heteroatoms. The molecule has 5 rings (SSSR count). The highest BCUT2D eigenvalue weighted by Gasteiger charge is 2.33. The summed E-state index contributed by atoms with van der Waals surface area (Å²) in [5.74, 6) is -3.02. The van der Waals surface area contributed by atoms with Crippen molar-refractivity contribution in [3.05, 3.63) is 83.5 Å². The number of fused-ring (bicyclic) bond motifs is 1. The average Bonchev–Trinajstić information content (AvgIpc) is 3.39. The number of para-hydroxylation sites is 1. The van der Waals surface area contributed by atoms with Gasteiger partial charge in [0, 0.05) is 11.8 Å². The lowest BCUT2D eigenvalue weighted by molar-refractivity contribution is 0.0996. The Morgan fingerprint density at radius 3 is 2.44 bits per heavy atom. The van der Waals surface area contributed by atoms with E-state index in [4.69, 9.17) is 4.42 Å². The molecule has 1 aliphatic rings. The molecule has 0 bridgehead atoms. The van der Waals surface area contributed by atoms with E-state index < -0.39 is 29.9 Å². The van der Waals surface area contributed by atoms with Crippen LogP contribution in [0.5, 0.6) is 0 Å². The smallest absolute Gasteiger partial charge is 0.314 e. The van der Waals surface area contributed by atoms with Gasteiger partial charge in [0.25, 0.3) is 11.8 Å². The summed E-state index contributed by atoms with van der Waals surface area (Å²) in [6, 6.07) is 11.3. The second-order valence-corrected chi connectivity index (χ2v) is 6.97. The van der Waals surface area contributed by atoms with Crippen LogP contribution in [0.1, 0.15) is 28.4 Å². The molecule has 3 heterocycles. The molecule has 1 amide bonds. The summed E-state index contributed by atoms with van der Waals surface area (Å²) in [5, 5.41) is 6.83. The number of hydrogen-bond acceptors (Lipinski definition) is 5. The number of aromatic nitrogens is 3. The molecule has 0 fully saturated rings. The quantitative estimate of drug-likeness (QED) is 0.409. The van der Waals surface area contributed by atoms with Crippen LogP contribution in [0.25, 0.3) is 22.6 Å². The molecule has 0 radical (unpaired) electrons. The molecular formula is C22H12F4N4O2. The van der Waals surface area contributed by atoms with Crippen molar-refractivity contribution in [1.82, 2.24) is 15.2 Å². The maximum atomic E-state index is 14.4. The van der Waals surface area contributed by atoms with Crippen LogP contribution in [0.2, 0.25) is 0 Å². The first-order chi connectivity index (χ1) is 15.4. The summed E-state index contributed by atoms with van der Waals surface area (Å²) in [7, 11) is 0. The zero-order valence-electron chi connectivity index (χ0n) is 16.1. The molecular weight excluding hydrogens is 428 g/mol. The maximum Gasteiger partial charge on any atom is 0.314 e. The highest BCUT2D eigenvalue weighted by Crippen LogP contribution is 2.38. The number of hydrogen-bond donors (Lipinski definition) is 0. The maximum absolute atomic E-state index is 14.4. The minimum Gasteiger partial charge on any atom is -0.415 e. The minimum absolute atomic E-state index is 0.0631. The van der Waals surface area contributed by atoms with Crippen LogP contribution in [-0.2, 0) is 6.54 Å². The Morgan fingerprint density at radius 2 is 1.72 bits per heavy atom. The molecule has 160 valence electrons. The van der Waals surface area contributed by atoms with Gasteiger partial charge in [-0.3, -0.25) is 9.78 Å². The van der Waals surface area contributed by atoms with Crippen molar-refractivity contribution in [2.24, 2.45) is 0 Å². The highest BCUT2D eigenvalue weighted by atomic mass is 19.3. The highest BCUT2D eigenvalue weighted by molar-refractivity contribution is 6.11. The van der Waals surface area contributed by atoms with E-state index >= 15 is 0 Å². The molecule has 0 N–H and O–H groups in total. The predicted octanol–water partition coefficient (Wildman–Crippen LogP) is 5.17. The SMILES string of the molecule is O=C1c2cc(-c3nnc(C(F)F)o3)cnc2CN1c1ccccc1-c1c(F)cccc1F. The Balaban J connectivity index is 1.54. The van der Waals surface area contributed by atoms with Crippen LogP contribution in [-0.4, -0.2) is 21.1 Å². The Morgan fingerprint density at radius 1 is 0.969 bits per heavy atom. The zero-order valence-corrected chi connectivity index (χ0v) is 16.1. The van der Waals surface area contributed by atoms with Gasteiger partial charge >= 0.3 is 6.43 Å². The predicted molar refractivity (Wildman–Crippen MR) is 105 cm³/mol. The molecule has 32 heavy (non-hydrogen) atoms. The van der Waals surface area contributed by atoms with E-state index in [0.29, 0.717) is 11.4 Å². The Labute approximate surface area is 178 Å². The van der Waals surface area contributed by atoms with Crippen molar-refractivity contribution in [1.29, 1.82) is 0 Å². The van der Waals surface area contributed by atoms with Gasteiger partial charge < -0.3 is 9.32 Å². The number of carbonyl (C=O) groups excluding carboxylic acids is 1. The summed E-state index contributed by atoms with van der Waals surface area (Å²) in [6.45, 7) is 0.0631. The number of carbonyl (C=O) groups is 1. The van der Waals surface area contributed by atoms with Gasteiger partial charge in [0.15, 0.2) is 0 Å². The van der Waals surface area contributed by atoms with Crippen LogP contribution < -0.4 is 4.90 Å². The minimum atomic E-state index is -2.92. The van der Waals surface area contributed by atoms with Crippen LogP contribution in [0, 0.1) is 11.6 Å². The monoisotopic (exact) mass is 440 g/mol. The fourth-order valence-electron chi connectivity index (χ4n) is 3.60. The van der Waals surface area contributed by atoms with Crippen molar-refractivity contribution >= 4 is 11.6 Å². The van der Waals surface area contributed by atoms with Crippen molar-refractivity contribution in [2.75, 3.05) is 4.90 Å². The van der Waals surface area contributed by atoms with E-state index in [9.17, 15) is 22.4 Å². The van der Waals surface area contributed by atoms with Gasteiger partial charge in [-0.05, 0) is 24.3 Å². The molecule has 0 saturated heterocycles. The van der Waals surface area contributed by atoms with Crippen molar-refractivity contribution in [3.63, 3.8) is 0 Å². The fraction of sp³-hybridized carbons (Fsp3) is 0.0909. The number of alkyl halides is 2. The number of benzene rings is 2. The third-order valence-electron chi connectivity index (χ3n) is 5.05. The number of halogens is 4. The van der Waals surface area contributed by atoms with Crippen molar-refractivity contribution < 1.29 is 26.8 Å². The molecule has 0 spiro atoms. The average molecular weight is 440 g/mol. The first-order valence-corrected chi connectivity index (χ1v) is 9.40. The van der Waals surface area contributed by atoms with Gasteiger partial charge in [0.1, 0.15) is 11.6 Å². The van der Waals surface area contributed by atoms with Crippen LogP contribution in [0.15, 0.2) is 59.1 Å². The lowest BCUT2D eigenvalue weighted by Crippen LogP contribution is -2.23.